The van der Waals surface area contributed by atoms with Gasteiger partial charge in [0.15, 0.2) is 0 Å². The normalized spacial score (nSPS) is 16.9. The smallest absolute Gasteiger partial charge is 0.139 e. The van der Waals surface area contributed by atoms with Crippen LogP contribution in [0.1, 0.15) is 24.5 Å². The van der Waals surface area contributed by atoms with Gasteiger partial charge in [0.2, 0.25) is 0 Å². The topological polar surface area (TPSA) is 55.5 Å². The van der Waals surface area contributed by atoms with Gasteiger partial charge in [0.1, 0.15) is 11.6 Å². The van der Waals surface area contributed by atoms with Crippen molar-refractivity contribution in [3.8, 4) is 5.75 Å². The lowest BCUT2D eigenvalue weighted by Crippen LogP contribution is -2.14. The van der Waals surface area contributed by atoms with Gasteiger partial charge in [0.05, 0.1) is 17.2 Å². The van der Waals surface area contributed by atoms with E-state index in [0.29, 0.717) is 28.3 Å². The molecule has 5 heteroatoms. The molecule has 0 spiro atoms. The van der Waals surface area contributed by atoms with E-state index in [1.807, 2.05) is 0 Å². The van der Waals surface area contributed by atoms with E-state index < -0.39 is 11.9 Å². The number of nitrogens with two attached hydrogens (primary N) is 1. The molecule has 2 rings (SSSR count). The number of aliphatic hydroxyl groups is 1. The number of hydrogen-bond donors (Lipinski definition) is 2. The Morgan fingerprint density at radius 2 is 2.24 bits per heavy atom. The van der Waals surface area contributed by atoms with E-state index >= 15 is 0 Å². The van der Waals surface area contributed by atoms with Gasteiger partial charge in [-0.25, -0.2) is 4.39 Å². The molecule has 1 unspecified atom stereocenters. The number of benzene rings is 1. The third-order valence-corrected chi connectivity index (χ3v) is 3.37. The first kappa shape index (κ1) is 12.8. The van der Waals surface area contributed by atoms with Crippen molar-refractivity contribution in [3.63, 3.8) is 0 Å². The Hall–Kier alpha value is -0.650. The van der Waals surface area contributed by atoms with Crippen molar-refractivity contribution >= 4 is 15.9 Å². The molecule has 94 valence electrons. The van der Waals surface area contributed by atoms with Crippen molar-refractivity contribution in [2.24, 2.45) is 11.7 Å². The summed E-state index contributed by atoms with van der Waals surface area (Å²) in [5.41, 5.74) is 5.80. The Bertz CT molecular complexity index is 410. The molecule has 0 aromatic heterocycles. The number of ether oxygens (including phenoxy) is 1. The molecule has 3 nitrogen and oxygen atoms in total. The largest absolute Gasteiger partial charge is 0.492 e. The molecule has 1 fully saturated rings. The Kier molecular flexibility index (Phi) is 4.01. The Balaban J connectivity index is 2.24. The van der Waals surface area contributed by atoms with Crippen molar-refractivity contribution in [1.82, 2.24) is 0 Å². The lowest BCUT2D eigenvalue weighted by molar-refractivity contribution is 0.178. The van der Waals surface area contributed by atoms with Gasteiger partial charge < -0.3 is 15.6 Å². The van der Waals surface area contributed by atoms with Gasteiger partial charge in [0.25, 0.3) is 0 Å². The molecule has 1 aliphatic carbocycles. The van der Waals surface area contributed by atoms with Crippen molar-refractivity contribution < 1.29 is 14.2 Å². The standard InChI is InChI=1S/C12H15BrFNO2/c13-10-4-8(14)3-9(11(16)5-15)12(10)17-6-7-1-2-7/h3-4,7,11,16H,1-2,5-6,15H2. The number of rotatable bonds is 5. The monoisotopic (exact) mass is 303 g/mol. The van der Waals surface area contributed by atoms with E-state index in [9.17, 15) is 9.50 Å². The second kappa shape index (κ2) is 5.33. The summed E-state index contributed by atoms with van der Waals surface area (Å²) in [6.45, 7) is 0.643. The van der Waals surface area contributed by atoms with Crippen LogP contribution >= 0.6 is 15.9 Å². The first-order valence-electron chi connectivity index (χ1n) is 5.61. The van der Waals surface area contributed by atoms with Crippen LogP contribution in [0.25, 0.3) is 0 Å². The fourth-order valence-corrected chi connectivity index (χ4v) is 2.15. The summed E-state index contributed by atoms with van der Waals surface area (Å²) < 4.78 is 19.4. The highest BCUT2D eigenvalue weighted by molar-refractivity contribution is 9.10. The third-order valence-electron chi connectivity index (χ3n) is 2.78. The van der Waals surface area contributed by atoms with Gasteiger partial charge >= 0.3 is 0 Å². The molecule has 1 saturated carbocycles. The van der Waals surface area contributed by atoms with Gasteiger partial charge in [0, 0.05) is 12.1 Å². The molecule has 0 radical (unpaired) electrons. The second-order valence-electron chi connectivity index (χ2n) is 4.31. The maximum atomic E-state index is 13.3. The highest BCUT2D eigenvalue weighted by Crippen LogP contribution is 2.36. The zero-order chi connectivity index (χ0) is 12.4. The minimum atomic E-state index is -0.906. The summed E-state index contributed by atoms with van der Waals surface area (Å²) in [7, 11) is 0. The summed E-state index contributed by atoms with van der Waals surface area (Å²) >= 11 is 3.25. The minimum Gasteiger partial charge on any atom is -0.492 e. The number of halogens is 2. The summed E-state index contributed by atoms with van der Waals surface area (Å²) in [5, 5.41) is 9.75. The molecular weight excluding hydrogens is 289 g/mol. The lowest BCUT2D eigenvalue weighted by atomic mass is 10.1. The highest BCUT2D eigenvalue weighted by atomic mass is 79.9. The van der Waals surface area contributed by atoms with Gasteiger partial charge in [-0.15, -0.1) is 0 Å². The molecule has 0 amide bonds. The summed E-state index contributed by atoms with van der Waals surface area (Å²) in [4.78, 5) is 0. The zero-order valence-electron chi connectivity index (χ0n) is 9.33. The van der Waals surface area contributed by atoms with Crippen molar-refractivity contribution in [1.29, 1.82) is 0 Å². The van der Waals surface area contributed by atoms with E-state index in [1.165, 1.54) is 25.0 Å². The summed E-state index contributed by atoms with van der Waals surface area (Å²) in [6, 6.07) is 2.60. The van der Waals surface area contributed by atoms with Crippen LogP contribution in [0.15, 0.2) is 16.6 Å². The van der Waals surface area contributed by atoms with Crippen LogP contribution in [0, 0.1) is 11.7 Å². The number of aliphatic hydroxyl groups excluding tert-OH is 1. The molecule has 0 aliphatic heterocycles. The molecule has 1 aromatic carbocycles. The van der Waals surface area contributed by atoms with Gasteiger partial charge in [-0.1, -0.05) is 0 Å². The molecule has 3 N–H and O–H groups in total. The van der Waals surface area contributed by atoms with Gasteiger partial charge in [-0.05, 0) is 46.8 Å². The summed E-state index contributed by atoms with van der Waals surface area (Å²) in [5.74, 6) is 0.671. The maximum absolute atomic E-state index is 13.3. The van der Waals surface area contributed by atoms with Gasteiger partial charge in [-0.3, -0.25) is 0 Å². The predicted molar refractivity (Wildman–Crippen MR) is 66.3 cm³/mol. The Morgan fingerprint density at radius 3 is 2.82 bits per heavy atom. The first-order valence-corrected chi connectivity index (χ1v) is 6.41. The molecular formula is C12H15BrFNO2. The van der Waals surface area contributed by atoms with Crippen LogP contribution < -0.4 is 10.5 Å². The maximum Gasteiger partial charge on any atom is 0.139 e. The van der Waals surface area contributed by atoms with Crippen LogP contribution in [-0.2, 0) is 0 Å². The highest BCUT2D eigenvalue weighted by Gasteiger charge is 2.24. The van der Waals surface area contributed by atoms with Crippen LogP contribution in [0.2, 0.25) is 0 Å². The predicted octanol–water partition coefficient (Wildman–Crippen LogP) is 2.37. The van der Waals surface area contributed by atoms with Crippen LogP contribution in [0.5, 0.6) is 5.75 Å². The first-order chi connectivity index (χ1) is 8.11. The molecule has 0 saturated heterocycles. The van der Waals surface area contributed by atoms with E-state index in [0.717, 1.165) is 0 Å². The number of hydrogen-bond acceptors (Lipinski definition) is 3. The fourth-order valence-electron chi connectivity index (χ4n) is 1.59. The zero-order valence-corrected chi connectivity index (χ0v) is 10.9. The van der Waals surface area contributed by atoms with Crippen molar-refractivity contribution in [2.75, 3.05) is 13.2 Å². The molecule has 1 aromatic rings. The average Bonchev–Trinajstić information content (AvgIpc) is 3.09. The van der Waals surface area contributed by atoms with Crippen LogP contribution in [0.3, 0.4) is 0 Å². The fraction of sp³-hybridized carbons (Fsp3) is 0.500. The second-order valence-corrected chi connectivity index (χ2v) is 5.17. The summed E-state index contributed by atoms with van der Waals surface area (Å²) in [6.07, 6.45) is 1.44. The van der Waals surface area contributed by atoms with Crippen molar-refractivity contribution in [2.45, 2.75) is 18.9 Å². The molecule has 1 aliphatic rings. The van der Waals surface area contributed by atoms with Crippen LogP contribution in [0.4, 0.5) is 4.39 Å². The van der Waals surface area contributed by atoms with E-state index in [-0.39, 0.29) is 6.54 Å². The average molecular weight is 304 g/mol. The molecule has 0 bridgehead atoms. The molecule has 1 atom stereocenters. The minimum absolute atomic E-state index is 0.0374. The van der Waals surface area contributed by atoms with Gasteiger partial charge in [-0.2, -0.15) is 0 Å². The Morgan fingerprint density at radius 1 is 1.53 bits per heavy atom. The van der Waals surface area contributed by atoms with Crippen molar-refractivity contribution in [3.05, 3.63) is 28.0 Å². The van der Waals surface area contributed by atoms with E-state index in [4.69, 9.17) is 10.5 Å². The Labute approximate surface area is 108 Å². The van der Waals surface area contributed by atoms with Crippen LogP contribution in [-0.4, -0.2) is 18.3 Å². The third kappa shape index (κ3) is 3.18. The van der Waals surface area contributed by atoms with E-state index in [1.54, 1.807) is 0 Å². The van der Waals surface area contributed by atoms with E-state index in [2.05, 4.69) is 15.9 Å². The molecule has 17 heavy (non-hydrogen) atoms. The molecule has 0 heterocycles. The SMILES string of the molecule is NCC(O)c1cc(F)cc(Br)c1OCC1CC1. The lowest BCUT2D eigenvalue weighted by Gasteiger charge is -2.16. The quantitative estimate of drug-likeness (QED) is 0.878.